The number of piperidine rings is 1. The van der Waals surface area contributed by atoms with Crippen LogP contribution in [0.15, 0.2) is 11.1 Å². The summed E-state index contributed by atoms with van der Waals surface area (Å²) in [5.74, 6) is 0.210. The lowest BCUT2D eigenvalue weighted by Gasteiger charge is -2.26. The van der Waals surface area contributed by atoms with Crippen LogP contribution in [-0.2, 0) is 9.59 Å². The van der Waals surface area contributed by atoms with Crippen molar-refractivity contribution < 1.29 is 9.59 Å². The molecule has 2 heterocycles. The minimum Gasteiger partial charge on any atom is -0.316 e. The van der Waals surface area contributed by atoms with Gasteiger partial charge in [0.1, 0.15) is 0 Å². The second-order valence-corrected chi connectivity index (χ2v) is 4.68. The van der Waals surface area contributed by atoms with Crippen LogP contribution in [0.4, 0.5) is 0 Å². The Morgan fingerprint density at radius 3 is 2.38 bits per heavy atom. The molecule has 0 spiro atoms. The fourth-order valence-corrected chi connectivity index (χ4v) is 2.32. The van der Waals surface area contributed by atoms with E-state index in [-0.39, 0.29) is 11.8 Å². The summed E-state index contributed by atoms with van der Waals surface area (Å²) in [5.41, 5.74) is 1.21. The third kappa shape index (κ3) is 1.89. The van der Waals surface area contributed by atoms with E-state index in [0.29, 0.717) is 23.6 Å². The number of carbonyl (C=O) groups excluding carboxylic acids is 2. The Morgan fingerprint density at radius 2 is 1.88 bits per heavy atom. The van der Waals surface area contributed by atoms with E-state index in [2.05, 4.69) is 5.32 Å². The summed E-state index contributed by atoms with van der Waals surface area (Å²) in [6, 6.07) is 0. The van der Waals surface area contributed by atoms with Crippen LogP contribution in [0, 0.1) is 5.92 Å². The Hall–Kier alpha value is -1.16. The molecule has 0 aromatic rings. The van der Waals surface area contributed by atoms with Gasteiger partial charge < -0.3 is 5.32 Å². The molecule has 2 rings (SSSR count). The summed E-state index contributed by atoms with van der Waals surface area (Å²) in [5, 5.41) is 3.30. The molecule has 2 aliphatic heterocycles. The lowest BCUT2D eigenvalue weighted by Crippen LogP contribution is -2.41. The predicted octanol–water partition coefficient (Wildman–Crippen LogP) is 0.691. The van der Waals surface area contributed by atoms with Crippen molar-refractivity contribution >= 4 is 11.8 Å². The molecule has 0 radical (unpaired) electrons. The zero-order valence-corrected chi connectivity index (χ0v) is 9.88. The standard InChI is InChI=1S/C12H18N2O2/c1-8-9(2)12(16)14(11(8)15)7-10-4-3-5-13-6-10/h10,13H,3-7H2,1-2H3. The third-order valence-electron chi connectivity index (χ3n) is 3.53. The molecule has 0 saturated carbocycles. The molecule has 1 saturated heterocycles. The molecule has 2 aliphatic rings. The van der Waals surface area contributed by atoms with Crippen molar-refractivity contribution in [1.29, 1.82) is 0 Å². The second kappa shape index (κ2) is 4.37. The largest absolute Gasteiger partial charge is 0.316 e. The van der Waals surface area contributed by atoms with Gasteiger partial charge in [0.05, 0.1) is 0 Å². The highest BCUT2D eigenvalue weighted by atomic mass is 16.2. The topological polar surface area (TPSA) is 49.4 Å². The van der Waals surface area contributed by atoms with Crippen LogP contribution in [0.5, 0.6) is 0 Å². The van der Waals surface area contributed by atoms with Gasteiger partial charge in [0.15, 0.2) is 0 Å². The number of hydrogen-bond donors (Lipinski definition) is 1. The van der Waals surface area contributed by atoms with Crippen LogP contribution in [0.25, 0.3) is 0 Å². The van der Waals surface area contributed by atoms with E-state index in [1.807, 2.05) is 0 Å². The van der Waals surface area contributed by atoms with Gasteiger partial charge in [-0.15, -0.1) is 0 Å². The normalized spacial score (nSPS) is 26.9. The van der Waals surface area contributed by atoms with E-state index in [1.54, 1.807) is 13.8 Å². The summed E-state index contributed by atoms with van der Waals surface area (Å²) < 4.78 is 0. The quantitative estimate of drug-likeness (QED) is 0.699. The molecule has 1 fully saturated rings. The van der Waals surface area contributed by atoms with Crippen LogP contribution in [-0.4, -0.2) is 36.3 Å². The lowest BCUT2D eigenvalue weighted by molar-refractivity contribution is -0.138. The first-order valence-electron chi connectivity index (χ1n) is 5.85. The van der Waals surface area contributed by atoms with Gasteiger partial charge >= 0.3 is 0 Å². The molecule has 1 N–H and O–H groups in total. The highest BCUT2D eigenvalue weighted by Crippen LogP contribution is 2.22. The van der Waals surface area contributed by atoms with Gasteiger partial charge in [-0.3, -0.25) is 14.5 Å². The number of rotatable bonds is 2. The van der Waals surface area contributed by atoms with E-state index in [1.165, 1.54) is 4.90 Å². The van der Waals surface area contributed by atoms with Crippen LogP contribution in [0.1, 0.15) is 26.7 Å². The molecule has 0 aliphatic carbocycles. The maximum atomic E-state index is 11.8. The first kappa shape index (κ1) is 11.3. The van der Waals surface area contributed by atoms with Gasteiger partial charge in [-0.1, -0.05) is 0 Å². The Labute approximate surface area is 95.7 Å². The van der Waals surface area contributed by atoms with E-state index in [9.17, 15) is 9.59 Å². The zero-order chi connectivity index (χ0) is 11.7. The van der Waals surface area contributed by atoms with Crippen molar-refractivity contribution in [3.8, 4) is 0 Å². The molecule has 1 unspecified atom stereocenters. The molecule has 4 nitrogen and oxygen atoms in total. The smallest absolute Gasteiger partial charge is 0.256 e. The lowest BCUT2D eigenvalue weighted by atomic mass is 9.99. The highest BCUT2D eigenvalue weighted by Gasteiger charge is 2.34. The van der Waals surface area contributed by atoms with Crippen LogP contribution < -0.4 is 5.32 Å². The van der Waals surface area contributed by atoms with Gasteiger partial charge in [0, 0.05) is 17.7 Å². The maximum Gasteiger partial charge on any atom is 0.256 e. The maximum absolute atomic E-state index is 11.8. The fraction of sp³-hybridized carbons (Fsp3) is 0.667. The minimum absolute atomic E-state index is 0.104. The number of amides is 2. The number of hydrogen-bond acceptors (Lipinski definition) is 3. The van der Waals surface area contributed by atoms with E-state index >= 15 is 0 Å². The molecule has 0 aromatic carbocycles. The monoisotopic (exact) mass is 222 g/mol. The molecule has 0 aromatic heterocycles. The first-order chi connectivity index (χ1) is 7.61. The van der Waals surface area contributed by atoms with Gasteiger partial charge in [-0.25, -0.2) is 0 Å². The number of carbonyl (C=O) groups is 2. The van der Waals surface area contributed by atoms with Crippen molar-refractivity contribution in [2.45, 2.75) is 26.7 Å². The number of imide groups is 1. The first-order valence-corrected chi connectivity index (χ1v) is 5.85. The number of nitrogens with zero attached hydrogens (tertiary/aromatic N) is 1. The summed E-state index contributed by atoms with van der Waals surface area (Å²) >= 11 is 0. The van der Waals surface area contributed by atoms with Gasteiger partial charge in [0.25, 0.3) is 11.8 Å². The highest BCUT2D eigenvalue weighted by molar-refractivity contribution is 6.18. The summed E-state index contributed by atoms with van der Waals surface area (Å²) in [4.78, 5) is 25.1. The van der Waals surface area contributed by atoms with Crippen LogP contribution in [0.2, 0.25) is 0 Å². The average Bonchev–Trinajstić information content (AvgIpc) is 2.48. The van der Waals surface area contributed by atoms with Gasteiger partial charge in [-0.2, -0.15) is 0 Å². The second-order valence-electron chi connectivity index (χ2n) is 4.68. The van der Waals surface area contributed by atoms with Gasteiger partial charge in [0.2, 0.25) is 0 Å². The summed E-state index contributed by atoms with van der Waals surface area (Å²) in [7, 11) is 0. The van der Waals surface area contributed by atoms with E-state index in [0.717, 1.165) is 25.9 Å². The average molecular weight is 222 g/mol. The fourth-order valence-electron chi connectivity index (χ4n) is 2.32. The Balaban J connectivity index is 2.01. The predicted molar refractivity (Wildman–Crippen MR) is 60.7 cm³/mol. The Kier molecular flexibility index (Phi) is 3.10. The Bertz CT molecular complexity index is 330. The van der Waals surface area contributed by atoms with E-state index in [4.69, 9.17) is 0 Å². The minimum atomic E-state index is -0.104. The molecule has 88 valence electrons. The SMILES string of the molecule is CC1=C(C)C(=O)N(CC2CCCNC2)C1=O. The van der Waals surface area contributed by atoms with Crippen molar-refractivity contribution in [2.24, 2.45) is 5.92 Å². The van der Waals surface area contributed by atoms with Crippen molar-refractivity contribution in [2.75, 3.05) is 19.6 Å². The molecule has 16 heavy (non-hydrogen) atoms. The van der Waals surface area contributed by atoms with Crippen molar-refractivity contribution in [3.05, 3.63) is 11.1 Å². The molecular formula is C12H18N2O2. The Morgan fingerprint density at radius 1 is 1.25 bits per heavy atom. The zero-order valence-electron chi connectivity index (χ0n) is 9.88. The molecule has 1 atom stereocenters. The number of nitrogens with one attached hydrogen (secondary N) is 1. The van der Waals surface area contributed by atoms with Crippen molar-refractivity contribution in [3.63, 3.8) is 0 Å². The van der Waals surface area contributed by atoms with Crippen molar-refractivity contribution in [1.82, 2.24) is 10.2 Å². The third-order valence-corrected chi connectivity index (χ3v) is 3.53. The summed E-state index contributed by atoms with van der Waals surface area (Å²) in [6.07, 6.45) is 2.23. The van der Waals surface area contributed by atoms with Crippen LogP contribution in [0.3, 0.4) is 0 Å². The summed E-state index contributed by atoms with van der Waals surface area (Å²) in [6.45, 7) is 5.99. The van der Waals surface area contributed by atoms with E-state index < -0.39 is 0 Å². The molecule has 4 heteroatoms. The van der Waals surface area contributed by atoms with Crippen LogP contribution >= 0.6 is 0 Å². The molecule has 2 amide bonds. The molecular weight excluding hydrogens is 204 g/mol. The molecule has 0 bridgehead atoms. The van der Waals surface area contributed by atoms with Gasteiger partial charge in [-0.05, 0) is 45.7 Å².